The van der Waals surface area contributed by atoms with Crippen molar-refractivity contribution in [3.05, 3.63) is 18.3 Å². The highest BCUT2D eigenvalue weighted by atomic mass is 32.2. The number of rotatable bonds is 7. The molecule has 0 aromatic carbocycles. The molecule has 5 N–H and O–H groups in total. The molecule has 0 spiro atoms. The zero-order valence-electron chi connectivity index (χ0n) is 9.50. The minimum Gasteiger partial charge on any atom is -0.396 e. The van der Waals surface area contributed by atoms with Crippen LogP contribution in [0.4, 0.5) is 5.69 Å². The summed E-state index contributed by atoms with van der Waals surface area (Å²) in [6.07, 6.45) is 1.33. The third-order valence-electron chi connectivity index (χ3n) is 1.84. The number of ether oxygens (including phenoxy) is 1. The van der Waals surface area contributed by atoms with Crippen LogP contribution in [-0.2, 0) is 19.6 Å². The van der Waals surface area contributed by atoms with E-state index in [4.69, 9.17) is 16.2 Å². The van der Waals surface area contributed by atoms with Crippen molar-refractivity contribution in [2.75, 3.05) is 25.5 Å². The lowest BCUT2D eigenvalue weighted by atomic mass is 10.4. The zero-order chi connectivity index (χ0) is 13.6. The highest BCUT2D eigenvalue weighted by Crippen LogP contribution is 2.12. The fourth-order valence-corrected chi connectivity index (χ4v) is 2.18. The highest BCUT2D eigenvalue weighted by molar-refractivity contribution is 7.89. The normalized spacial score (nSPS) is 11.3. The first kappa shape index (κ1) is 14.4. The van der Waals surface area contributed by atoms with Crippen molar-refractivity contribution in [2.24, 2.45) is 5.73 Å². The van der Waals surface area contributed by atoms with E-state index >= 15 is 0 Å². The lowest BCUT2D eigenvalue weighted by Crippen LogP contribution is -2.30. The van der Waals surface area contributed by atoms with Crippen LogP contribution < -0.4 is 16.2 Å². The molecule has 0 saturated heterocycles. The molecule has 0 saturated carbocycles. The first-order chi connectivity index (χ1) is 8.43. The third kappa shape index (κ3) is 4.28. The standard InChI is InChI=1S/C9H14N4O4S/c10-7-2-1-3-12-9(7)18(15,16)13-4-5-17-6-8(11)14/h1-3,13H,4-6,10H2,(H2,11,14). The van der Waals surface area contributed by atoms with E-state index in [9.17, 15) is 13.2 Å². The molecule has 0 unspecified atom stereocenters. The van der Waals surface area contributed by atoms with Crippen molar-refractivity contribution in [1.29, 1.82) is 0 Å². The first-order valence-corrected chi connectivity index (χ1v) is 6.48. The fraction of sp³-hybridized carbons (Fsp3) is 0.333. The van der Waals surface area contributed by atoms with Crippen LogP contribution >= 0.6 is 0 Å². The Labute approximate surface area is 104 Å². The van der Waals surface area contributed by atoms with Crippen LogP contribution in [0.2, 0.25) is 0 Å². The number of hydrogen-bond acceptors (Lipinski definition) is 6. The van der Waals surface area contributed by atoms with Crippen LogP contribution in [0.5, 0.6) is 0 Å². The van der Waals surface area contributed by atoms with Crippen LogP contribution in [0.3, 0.4) is 0 Å². The third-order valence-corrected chi connectivity index (χ3v) is 3.27. The molecule has 100 valence electrons. The molecule has 1 rings (SSSR count). The van der Waals surface area contributed by atoms with Gasteiger partial charge in [-0.25, -0.2) is 18.1 Å². The number of pyridine rings is 1. The predicted molar refractivity (Wildman–Crippen MR) is 63.9 cm³/mol. The Kier molecular flexibility index (Phi) is 5.01. The molecule has 0 aliphatic heterocycles. The molecular formula is C9H14N4O4S. The van der Waals surface area contributed by atoms with Crippen LogP contribution in [0, 0.1) is 0 Å². The van der Waals surface area contributed by atoms with Gasteiger partial charge in [0.15, 0.2) is 5.03 Å². The number of amides is 1. The van der Waals surface area contributed by atoms with Crippen molar-refractivity contribution in [2.45, 2.75) is 5.03 Å². The van der Waals surface area contributed by atoms with E-state index in [2.05, 4.69) is 9.71 Å². The van der Waals surface area contributed by atoms with Crippen LogP contribution in [0.25, 0.3) is 0 Å². The maximum absolute atomic E-state index is 11.7. The van der Waals surface area contributed by atoms with E-state index in [0.29, 0.717) is 0 Å². The molecule has 9 heteroatoms. The number of nitrogens with two attached hydrogens (primary N) is 2. The lowest BCUT2D eigenvalue weighted by Gasteiger charge is -2.07. The second kappa shape index (κ2) is 6.28. The van der Waals surface area contributed by atoms with Crippen molar-refractivity contribution in [3.63, 3.8) is 0 Å². The van der Waals surface area contributed by atoms with Gasteiger partial charge in [-0.1, -0.05) is 0 Å². The van der Waals surface area contributed by atoms with E-state index in [0.717, 1.165) is 0 Å². The molecule has 1 aromatic rings. The monoisotopic (exact) mass is 274 g/mol. The minimum atomic E-state index is -3.77. The number of nitrogens with one attached hydrogen (secondary N) is 1. The van der Waals surface area contributed by atoms with Crippen LogP contribution in [-0.4, -0.2) is 39.1 Å². The molecule has 18 heavy (non-hydrogen) atoms. The Morgan fingerprint density at radius 2 is 2.22 bits per heavy atom. The molecule has 0 fully saturated rings. The van der Waals surface area contributed by atoms with Gasteiger partial charge in [-0.05, 0) is 12.1 Å². The lowest BCUT2D eigenvalue weighted by molar-refractivity contribution is -0.122. The van der Waals surface area contributed by atoms with Gasteiger partial charge in [0.25, 0.3) is 10.0 Å². The van der Waals surface area contributed by atoms with Gasteiger partial charge in [-0.2, -0.15) is 0 Å². The molecule has 0 aliphatic carbocycles. The second-order valence-corrected chi connectivity index (χ2v) is 5.00. The average Bonchev–Trinajstić information content (AvgIpc) is 2.28. The number of primary amides is 1. The molecular weight excluding hydrogens is 260 g/mol. The van der Waals surface area contributed by atoms with Crippen molar-refractivity contribution < 1.29 is 17.9 Å². The molecule has 1 aromatic heterocycles. The Hall–Kier alpha value is -1.71. The largest absolute Gasteiger partial charge is 0.396 e. The first-order valence-electron chi connectivity index (χ1n) is 4.99. The molecule has 0 bridgehead atoms. The number of aromatic nitrogens is 1. The van der Waals surface area contributed by atoms with E-state index in [1.807, 2.05) is 0 Å². The number of carbonyl (C=O) groups excluding carboxylic acids is 1. The minimum absolute atomic E-state index is 0.00831. The van der Waals surface area contributed by atoms with Crippen LogP contribution in [0.1, 0.15) is 0 Å². The number of hydrogen-bond donors (Lipinski definition) is 3. The summed E-state index contributed by atoms with van der Waals surface area (Å²) in [5.41, 5.74) is 10.4. The van der Waals surface area contributed by atoms with Gasteiger partial charge in [-0.15, -0.1) is 0 Å². The quantitative estimate of drug-likeness (QED) is 0.514. The second-order valence-electron chi connectivity index (χ2n) is 3.31. The molecule has 0 aliphatic rings. The Balaban J connectivity index is 2.51. The summed E-state index contributed by atoms with van der Waals surface area (Å²) in [7, 11) is -3.77. The average molecular weight is 274 g/mol. The number of nitrogens with zero attached hydrogens (tertiary/aromatic N) is 1. The van der Waals surface area contributed by atoms with Gasteiger partial charge < -0.3 is 16.2 Å². The van der Waals surface area contributed by atoms with Gasteiger partial charge in [0.2, 0.25) is 5.91 Å². The van der Waals surface area contributed by atoms with Gasteiger partial charge in [0.1, 0.15) is 6.61 Å². The Bertz CT molecular complexity index is 517. The van der Waals surface area contributed by atoms with E-state index < -0.39 is 15.9 Å². The number of nitrogen functional groups attached to an aromatic ring is 1. The van der Waals surface area contributed by atoms with Gasteiger partial charge >= 0.3 is 0 Å². The van der Waals surface area contributed by atoms with Crippen molar-refractivity contribution in [1.82, 2.24) is 9.71 Å². The summed E-state index contributed by atoms with van der Waals surface area (Å²) in [4.78, 5) is 14.0. The highest BCUT2D eigenvalue weighted by Gasteiger charge is 2.17. The summed E-state index contributed by atoms with van der Waals surface area (Å²) in [5, 5.41) is -0.236. The number of sulfonamides is 1. The smallest absolute Gasteiger partial charge is 0.260 e. The molecule has 0 radical (unpaired) electrons. The zero-order valence-corrected chi connectivity index (χ0v) is 10.3. The SMILES string of the molecule is NC(=O)COCCNS(=O)(=O)c1ncccc1N. The number of carbonyl (C=O) groups is 1. The van der Waals surface area contributed by atoms with Gasteiger partial charge in [0.05, 0.1) is 12.3 Å². The van der Waals surface area contributed by atoms with Crippen LogP contribution in [0.15, 0.2) is 23.4 Å². The molecule has 8 nitrogen and oxygen atoms in total. The summed E-state index contributed by atoms with van der Waals surface area (Å²) in [6, 6.07) is 2.97. The summed E-state index contributed by atoms with van der Waals surface area (Å²) < 4.78 is 30.5. The maximum atomic E-state index is 11.7. The summed E-state index contributed by atoms with van der Waals surface area (Å²) >= 11 is 0. The van der Waals surface area contributed by atoms with E-state index in [-0.39, 0.29) is 30.5 Å². The number of anilines is 1. The van der Waals surface area contributed by atoms with Gasteiger partial charge in [0, 0.05) is 12.7 Å². The topological polar surface area (TPSA) is 137 Å². The van der Waals surface area contributed by atoms with E-state index in [1.54, 1.807) is 0 Å². The van der Waals surface area contributed by atoms with E-state index in [1.165, 1.54) is 18.3 Å². The fourth-order valence-electron chi connectivity index (χ4n) is 1.12. The Morgan fingerprint density at radius 1 is 1.50 bits per heavy atom. The van der Waals surface area contributed by atoms with Crippen molar-refractivity contribution >= 4 is 21.6 Å². The van der Waals surface area contributed by atoms with Crippen molar-refractivity contribution in [3.8, 4) is 0 Å². The Morgan fingerprint density at radius 3 is 2.83 bits per heavy atom. The van der Waals surface area contributed by atoms with Gasteiger partial charge in [-0.3, -0.25) is 4.79 Å². The summed E-state index contributed by atoms with van der Waals surface area (Å²) in [5.74, 6) is -0.619. The molecule has 1 heterocycles. The molecule has 1 amide bonds. The maximum Gasteiger partial charge on any atom is 0.260 e. The predicted octanol–water partition coefficient (Wildman–Crippen LogP) is -1.56. The summed E-state index contributed by atoms with van der Waals surface area (Å²) in [6.45, 7) is -0.242. The molecule has 0 atom stereocenters.